The van der Waals surface area contributed by atoms with E-state index in [1.807, 2.05) is 0 Å². The van der Waals surface area contributed by atoms with E-state index in [9.17, 15) is 0 Å². The van der Waals surface area contributed by atoms with Gasteiger partial charge in [-0.1, -0.05) is 13.3 Å². The van der Waals surface area contributed by atoms with Crippen molar-refractivity contribution < 1.29 is 14.6 Å². The molecule has 3 nitrogen and oxygen atoms in total. The van der Waals surface area contributed by atoms with Crippen LogP contribution in [0.5, 0.6) is 0 Å². The molecule has 1 fully saturated rings. The van der Waals surface area contributed by atoms with E-state index in [4.69, 9.17) is 14.6 Å². The highest BCUT2D eigenvalue weighted by Gasteiger charge is 2.24. The highest BCUT2D eigenvalue weighted by atomic mass is 16.7. The van der Waals surface area contributed by atoms with Gasteiger partial charge in [0.15, 0.2) is 6.29 Å². The van der Waals surface area contributed by atoms with E-state index in [0.29, 0.717) is 0 Å². The standard InChI is InChI=1S/C10H20O3/c1-2-5-10-12-8-9(13-10)6-3-4-7-11/h9-11H,2-8H2,1H3/t9-,10-/m1/s1. The zero-order chi connectivity index (χ0) is 9.52. The predicted molar refractivity (Wildman–Crippen MR) is 50.5 cm³/mol. The van der Waals surface area contributed by atoms with Crippen LogP contribution in [0.25, 0.3) is 0 Å². The molecule has 0 saturated carbocycles. The molecule has 1 saturated heterocycles. The second-order valence-electron chi connectivity index (χ2n) is 3.53. The lowest BCUT2D eigenvalue weighted by Gasteiger charge is -2.09. The van der Waals surface area contributed by atoms with Crippen molar-refractivity contribution in [1.82, 2.24) is 0 Å². The number of aliphatic hydroxyl groups is 1. The van der Waals surface area contributed by atoms with Crippen LogP contribution >= 0.6 is 0 Å². The largest absolute Gasteiger partial charge is 0.396 e. The number of unbranched alkanes of at least 4 members (excludes halogenated alkanes) is 1. The maximum Gasteiger partial charge on any atom is 0.158 e. The van der Waals surface area contributed by atoms with Crippen molar-refractivity contribution in [3.05, 3.63) is 0 Å². The summed E-state index contributed by atoms with van der Waals surface area (Å²) >= 11 is 0. The van der Waals surface area contributed by atoms with Gasteiger partial charge in [0.25, 0.3) is 0 Å². The van der Waals surface area contributed by atoms with E-state index in [2.05, 4.69) is 6.92 Å². The minimum atomic E-state index is 0.0316. The first-order chi connectivity index (χ1) is 6.36. The van der Waals surface area contributed by atoms with Crippen LogP contribution in [0, 0.1) is 0 Å². The molecule has 2 atom stereocenters. The second-order valence-corrected chi connectivity index (χ2v) is 3.53. The monoisotopic (exact) mass is 188 g/mol. The van der Waals surface area contributed by atoms with Crippen molar-refractivity contribution in [2.75, 3.05) is 13.2 Å². The Hall–Kier alpha value is -0.120. The predicted octanol–water partition coefficient (Wildman–Crippen LogP) is 1.69. The Bertz CT molecular complexity index is 127. The van der Waals surface area contributed by atoms with Gasteiger partial charge in [-0.2, -0.15) is 0 Å². The molecule has 78 valence electrons. The number of aliphatic hydroxyl groups excluding tert-OH is 1. The molecule has 0 aliphatic carbocycles. The van der Waals surface area contributed by atoms with Gasteiger partial charge in [-0.15, -0.1) is 0 Å². The zero-order valence-electron chi connectivity index (χ0n) is 8.37. The first-order valence-electron chi connectivity index (χ1n) is 5.24. The van der Waals surface area contributed by atoms with Crippen molar-refractivity contribution in [1.29, 1.82) is 0 Å². The number of ether oxygens (including phenoxy) is 2. The minimum Gasteiger partial charge on any atom is -0.396 e. The van der Waals surface area contributed by atoms with Crippen molar-refractivity contribution in [2.45, 2.75) is 51.4 Å². The third-order valence-electron chi connectivity index (χ3n) is 2.27. The first-order valence-corrected chi connectivity index (χ1v) is 5.24. The molecule has 1 N–H and O–H groups in total. The normalized spacial score (nSPS) is 28.2. The molecular weight excluding hydrogens is 168 g/mol. The summed E-state index contributed by atoms with van der Waals surface area (Å²) in [5, 5.41) is 8.60. The topological polar surface area (TPSA) is 38.7 Å². The summed E-state index contributed by atoms with van der Waals surface area (Å²) in [5.41, 5.74) is 0. The average Bonchev–Trinajstić information content (AvgIpc) is 2.54. The van der Waals surface area contributed by atoms with E-state index in [0.717, 1.165) is 38.7 Å². The summed E-state index contributed by atoms with van der Waals surface area (Å²) in [4.78, 5) is 0. The van der Waals surface area contributed by atoms with Crippen LogP contribution in [0.2, 0.25) is 0 Å². The molecule has 0 unspecified atom stereocenters. The lowest BCUT2D eigenvalue weighted by molar-refractivity contribution is -0.0633. The molecule has 0 bridgehead atoms. The molecule has 1 aliphatic heterocycles. The molecule has 0 aromatic rings. The van der Waals surface area contributed by atoms with Crippen LogP contribution in [0.3, 0.4) is 0 Å². The summed E-state index contributed by atoms with van der Waals surface area (Å²) < 4.78 is 11.1. The Balaban J connectivity index is 2.03. The van der Waals surface area contributed by atoms with Gasteiger partial charge >= 0.3 is 0 Å². The highest BCUT2D eigenvalue weighted by Crippen LogP contribution is 2.19. The number of rotatable bonds is 6. The fourth-order valence-electron chi connectivity index (χ4n) is 1.53. The highest BCUT2D eigenvalue weighted by molar-refractivity contribution is 4.65. The Morgan fingerprint density at radius 1 is 1.31 bits per heavy atom. The maximum absolute atomic E-state index is 8.60. The fraction of sp³-hybridized carbons (Fsp3) is 1.00. The fourth-order valence-corrected chi connectivity index (χ4v) is 1.53. The summed E-state index contributed by atoms with van der Waals surface area (Å²) in [6, 6.07) is 0. The van der Waals surface area contributed by atoms with Gasteiger partial charge < -0.3 is 14.6 Å². The summed E-state index contributed by atoms with van der Waals surface area (Å²) in [7, 11) is 0. The van der Waals surface area contributed by atoms with Crippen LogP contribution < -0.4 is 0 Å². The third-order valence-corrected chi connectivity index (χ3v) is 2.27. The van der Waals surface area contributed by atoms with E-state index >= 15 is 0 Å². The molecule has 1 aliphatic rings. The number of hydrogen-bond acceptors (Lipinski definition) is 3. The first kappa shape index (κ1) is 11.0. The van der Waals surface area contributed by atoms with E-state index in [-0.39, 0.29) is 19.0 Å². The van der Waals surface area contributed by atoms with Crippen molar-refractivity contribution in [2.24, 2.45) is 0 Å². The van der Waals surface area contributed by atoms with Crippen molar-refractivity contribution in [3.8, 4) is 0 Å². The smallest absolute Gasteiger partial charge is 0.158 e. The van der Waals surface area contributed by atoms with E-state index in [1.54, 1.807) is 0 Å². The van der Waals surface area contributed by atoms with E-state index < -0.39 is 0 Å². The second kappa shape index (κ2) is 6.35. The van der Waals surface area contributed by atoms with Gasteiger partial charge in [-0.25, -0.2) is 0 Å². The van der Waals surface area contributed by atoms with Gasteiger partial charge in [0.05, 0.1) is 12.7 Å². The van der Waals surface area contributed by atoms with Crippen LogP contribution in [0.1, 0.15) is 39.0 Å². The Morgan fingerprint density at radius 3 is 2.85 bits per heavy atom. The molecule has 0 radical (unpaired) electrons. The zero-order valence-corrected chi connectivity index (χ0v) is 8.37. The van der Waals surface area contributed by atoms with Crippen molar-refractivity contribution in [3.63, 3.8) is 0 Å². The molecule has 1 rings (SSSR count). The van der Waals surface area contributed by atoms with Gasteiger partial charge in [-0.3, -0.25) is 0 Å². The van der Waals surface area contributed by atoms with Gasteiger partial charge in [-0.05, 0) is 25.7 Å². The quantitative estimate of drug-likeness (QED) is 0.645. The molecule has 13 heavy (non-hydrogen) atoms. The summed E-state index contributed by atoms with van der Waals surface area (Å²) in [6.07, 6.45) is 5.32. The lowest BCUT2D eigenvalue weighted by atomic mass is 10.2. The molecule has 0 aromatic carbocycles. The van der Waals surface area contributed by atoms with Gasteiger partial charge in [0.2, 0.25) is 0 Å². The molecular formula is C10H20O3. The molecule has 3 heteroatoms. The Morgan fingerprint density at radius 2 is 2.15 bits per heavy atom. The molecule has 0 aromatic heterocycles. The van der Waals surface area contributed by atoms with Crippen LogP contribution in [-0.2, 0) is 9.47 Å². The van der Waals surface area contributed by atoms with Gasteiger partial charge in [0.1, 0.15) is 0 Å². The average molecular weight is 188 g/mol. The summed E-state index contributed by atoms with van der Waals surface area (Å²) in [6.45, 7) is 3.15. The van der Waals surface area contributed by atoms with Crippen LogP contribution in [0.15, 0.2) is 0 Å². The number of hydrogen-bond donors (Lipinski definition) is 1. The maximum atomic E-state index is 8.60. The Labute approximate surface area is 80.0 Å². The minimum absolute atomic E-state index is 0.0316. The summed E-state index contributed by atoms with van der Waals surface area (Å²) in [5.74, 6) is 0. The SMILES string of the molecule is CCC[C@@H]1OC[C@@H](CCCCO)O1. The molecule has 0 amide bonds. The lowest BCUT2D eigenvalue weighted by Crippen LogP contribution is -2.12. The Kier molecular flexibility index (Phi) is 5.35. The van der Waals surface area contributed by atoms with E-state index in [1.165, 1.54) is 0 Å². The van der Waals surface area contributed by atoms with Crippen LogP contribution in [-0.4, -0.2) is 30.7 Å². The third kappa shape index (κ3) is 4.07. The molecule has 0 spiro atoms. The molecule has 1 heterocycles. The van der Waals surface area contributed by atoms with Gasteiger partial charge in [0, 0.05) is 6.61 Å². The van der Waals surface area contributed by atoms with Crippen LogP contribution in [0.4, 0.5) is 0 Å². The van der Waals surface area contributed by atoms with Crippen molar-refractivity contribution >= 4 is 0 Å².